The Bertz CT molecular complexity index is 1040. The van der Waals surface area contributed by atoms with Gasteiger partial charge in [0.15, 0.2) is 0 Å². The molecule has 1 aliphatic carbocycles. The predicted molar refractivity (Wildman–Crippen MR) is 111 cm³/mol. The molecule has 6 heteroatoms. The molecule has 4 rings (SSSR count). The quantitative estimate of drug-likeness (QED) is 0.460. The van der Waals surface area contributed by atoms with Gasteiger partial charge >= 0.3 is 0 Å². The van der Waals surface area contributed by atoms with Crippen molar-refractivity contribution >= 4 is 22.7 Å². The van der Waals surface area contributed by atoms with Gasteiger partial charge in [-0.05, 0) is 49.1 Å². The Kier molecular flexibility index (Phi) is 5.36. The van der Waals surface area contributed by atoms with Crippen LogP contribution in [0.4, 0.5) is 0 Å². The molecule has 0 unspecified atom stereocenters. The molecule has 1 saturated carbocycles. The van der Waals surface area contributed by atoms with Crippen molar-refractivity contribution in [1.29, 1.82) is 0 Å². The van der Waals surface area contributed by atoms with Gasteiger partial charge in [-0.2, -0.15) is 0 Å². The molecule has 6 nitrogen and oxygen atoms in total. The van der Waals surface area contributed by atoms with Gasteiger partial charge in [-0.1, -0.05) is 36.8 Å². The molecule has 1 fully saturated rings. The molecule has 1 aromatic heterocycles. The number of nitrogens with zero attached hydrogens (tertiary/aromatic N) is 1. The fourth-order valence-electron chi connectivity index (χ4n) is 4.30. The molecule has 0 saturated heterocycles. The number of hydrogen-bond donors (Lipinski definition) is 3. The van der Waals surface area contributed by atoms with E-state index in [2.05, 4.69) is 35.1 Å². The molecule has 2 aromatic carbocycles. The van der Waals surface area contributed by atoms with Crippen molar-refractivity contribution in [3.8, 4) is 0 Å². The summed E-state index contributed by atoms with van der Waals surface area (Å²) in [6.07, 6.45) is 4.41. The monoisotopic (exact) mass is 391 g/mol. The van der Waals surface area contributed by atoms with Crippen LogP contribution >= 0.6 is 0 Å². The molecule has 0 bridgehead atoms. The van der Waals surface area contributed by atoms with E-state index in [9.17, 15) is 9.59 Å². The van der Waals surface area contributed by atoms with Gasteiger partial charge in [0.05, 0.1) is 5.92 Å². The van der Waals surface area contributed by atoms with Crippen molar-refractivity contribution in [2.45, 2.75) is 38.8 Å². The van der Waals surface area contributed by atoms with Crippen molar-refractivity contribution in [2.75, 3.05) is 0 Å². The highest BCUT2D eigenvalue weighted by Crippen LogP contribution is 2.26. The highest BCUT2D eigenvalue weighted by atomic mass is 16.5. The SMILES string of the molecule is Cc1cn(Cc2ccc(C(=O)N[C@H]3CCC[C@H]3C(=O)NO)cc2)c2ccccc12. The predicted octanol–water partition coefficient (Wildman–Crippen LogP) is 3.40. The number of carbonyl (C=O) groups is 2. The molecule has 0 spiro atoms. The number of para-hydroxylation sites is 1. The second-order valence-corrected chi connectivity index (χ2v) is 7.75. The van der Waals surface area contributed by atoms with Gasteiger partial charge in [-0.25, -0.2) is 5.48 Å². The number of fused-ring (bicyclic) bond motifs is 1. The number of aryl methyl sites for hydroxylation is 1. The summed E-state index contributed by atoms with van der Waals surface area (Å²) in [6.45, 7) is 2.84. The fourth-order valence-corrected chi connectivity index (χ4v) is 4.30. The van der Waals surface area contributed by atoms with Crippen LogP contribution in [0.2, 0.25) is 0 Å². The molecule has 2 amide bonds. The molecule has 3 aromatic rings. The van der Waals surface area contributed by atoms with Crippen LogP contribution < -0.4 is 10.8 Å². The largest absolute Gasteiger partial charge is 0.349 e. The van der Waals surface area contributed by atoms with Gasteiger partial charge in [0.1, 0.15) is 0 Å². The zero-order chi connectivity index (χ0) is 20.4. The molecular weight excluding hydrogens is 366 g/mol. The lowest BCUT2D eigenvalue weighted by Gasteiger charge is -2.19. The molecule has 0 radical (unpaired) electrons. The summed E-state index contributed by atoms with van der Waals surface area (Å²) in [4.78, 5) is 24.3. The number of rotatable bonds is 5. The van der Waals surface area contributed by atoms with Crippen LogP contribution in [0, 0.1) is 12.8 Å². The first kappa shape index (κ1) is 19.2. The van der Waals surface area contributed by atoms with E-state index in [1.165, 1.54) is 16.5 Å². The van der Waals surface area contributed by atoms with Gasteiger partial charge in [-0.15, -0.1) is 0 Å². The third kappa shape index (κ3) is 3.89. The maximum Gasteiger partial charge on any atom is 0.251 e. The Morgan fingerprint density at radius 3 is 2.62 bits per heavy atom. The van der Waals surface area contributed by atoms with E-state index in [0.717, 1.165) is 24.9 Å². The molecule has 1 aliphatic rings. The van der Waals surface area contributed by atoms with Gasteiger partial charge < -0.3 is 9.88 Å². The second-order valence-electron chi connectivity index (χ2n) is 7.75. The number of carbonyl (C=O) groups excluding carboxylic acids is 2. The van der Waals surface area contributed by atoms with Crippen LogP contribution in [-0.4, -0.2) is 27.6 Å². The minimum absolute atomic E-state index is 0.193. The lowest BCUT2D eigenvalue weighted by Crippen LogP contribution is -2.43. The maximum atomic E-state index is 12.6. The van der Waals surface area contributed by atoms with Crippen molar-refractivity contribution in [3.05, 3.63) is 71.4 Å². The van der Waals surface area contributed by atoms with E-state index in [-0.39, 0.29) is 17.9 Å². The zero-order valence-corrected chi connectivity index (χ0v) is 16.4. The number of hydrogen-bond acceptors (Lipinski definition) is 3. The van der Waals surface area contributed by atoms with E-state index in [0.29, 0.717) is 12.0 Å². The summed E-state index contributed by atoms with van der Waals surface area (Å²) >= 11 is 0. The Balaban J connectivity index is 1.45. The van der Waals surface area contributed by atoms with Crippen LogP contribution in [0.25, 0.3) is 10.9 Å². The standard InChI is InChI=1S/C23H25N3O3/c1-15-13-26(21-8-3-2-5-18(15)21)14-16-9-11-17(12-10-16)22(27)24-20-7-4-6-19(20)23(28)25-29/h2-3,5,8-13,19-20,29H,4,6-7,14H2,1H3,(H,24,27)(H,25,28)/t19-,20+/m1/s1. The van der Waals surface area contributed by atoms with E-state index in [1.54, 1.807) is 5.48 Å². The van der Waals surface area contributed by atoms with Gasteiger partial charge in [0.25, 0.3) is 5.91 Å². The number of amides is 2. The molecular formula is C23H25N3O3. The number of aromatic nitrogens is 1. The highest BCUT2D eigenvalue weighted by molar-refractivity contribution is 5.95. The Hall–Kier alpha value is -3.12. The molecule has 0 aliphatic heterocycles. The summed E-state index contributed by atoms with van der Waals surface area (Å²) in [6, 6.07) is 15.6. The normalized spacial score (nSPS) is 18.7. The van der Waals surface area contributed by atoms with Crippen LogP contribution in [-0.2, 0) is 11.3 Å². The van der Waals surface area contributed by atoms with Gasteiger partial charge in [-0.3, -0.25) is 14.8 Å². The third-order valence-electron chi connectivity index (χ3n) is 5.84. The summed E-state index contributed by atoms with van der Waals surface area (Å²) in [5, 5.41) is 13.1. The Morgan fingerprint density at radius 2 is 1.86 bits per heavy atom. The summed E-state index contributed by atoms with van der Waals surface area (Å²) in [5.41, 5.74) is 5.82. The summed E-state index contributed by atoms with van der Waals surface area (Å²) < 4.78 is 2.22. The lowest BCUT2D eigenvalue weighted by molar-refractivity contribution is -0.133. The summed E-state index contributed by atoms with van der Waals surface area (Å²) in [5.74, 6) is -1.01. The van der Waals surface area contributed by atoms with Crippen LogP contribution in [0.15, 0.2) is 54.7 Å². The first-order valence-electron chi connectivity index (χ1n) is 9.95. The smallest absolute Gasteiger partial charge is 0.251 e. The molecule has 150 valence electrons. The van der Waals surface area contributed by atoms with E-state index in [1.807, 2.05) is 36.4 Å². The minimum atomic E-state index is -0.433. The van der Waals surface area contributed by atoms with Crippen molar-refractivity contribution in [3.63, 3.8) is 0 Å². The van der Waals surface area contributed by atoms with Crippen LogP contribution in [0.3, 0.4) is 0 Å². The Morgan fingerprint density at radius 1 is 1.10 bits per heavy atom. The molecule has 3 N–H and O–H groups in total. The first-order chi connectivity index (χ1) is 14.1. The maximum absolute atomic E-state index is 12.6. The first-order valence-corrected chi connectivity index (χ1v) is 9.95. The highest BCUT2D eigenvalue weighted by Gasteiger charge is 2.34. The topological polar surface area (TPSA) is 83.4 Å². The average Bonchev–Trinajstić information content (AvgIpc) is 3.33. The molecule has 1 heterocycles. The van der Waals surface area contributed by atoms with E-state index < -0.39 is 5.91 Å². The second kappa shape index (κ2) is 8.09. The van der Waals surface area contributed by atoms with Gasteiger partial charge in [0, 0.05) is 35.2 Å². The Labute approximate surface area is 169 Å². The van der Waals surface area contributed by atoms with Crippen LogP contribution in [0.5, 0.6) is 0 Å². The van der Waals surface area contributed by atoms with E-state index in [4.69, 9.17) is 5.21 Å². The average molecular weight is 391 g/mol. The number of nitrogens with one attached hydrogen (secondary N) is 2. The third-order valence-corrected chi connectivity index (χ3v) is 5.84. The van der Waals surface area contributed by atoms with Crippen molar-refractivity contribution in [1.82, 2.24) is 15.4 Å². The number of hydroxylamine groups is 1. The summed E-state index contributed by atoms with van der Waals surface area (Å²) in [7, 11) is 0. The number of benzene rings is 2. The minimum Gasteiger partial charge on any atom is -0.349 e. The zero-order valence-electron chi connectivity index (χ0n) is 16.4. The van der Waals surface area contributed by atoms with E-state index >= 15 is 0 Å². The van der Waals surface area contributed by atoms with Crippen molar-refractivity contribution in [2.24, 2.45) is 5.92 Å². The van der Waals surface area contributed by atoms with Crippen LogP contribution in [0.1, 0.15) is 40.7 Å². The fraction of sp³-hybridized carbons (Fsp3) is 0.304. The van der Waals surface area contributed by atoms with Gasteiger partial charge in [0.2, 0.25) is 5.91 Å². The molecule has 2 atom stereocenters. The molecule has 29 heavy (non-hydrogen) atoms. The van der Waals surface area contributed by atoms with Crippen molar-refractivity contribution < 1.29 is 14.8 Å². The lowest BCUT2D eigenvalue weighted by atomic mass is 10.0.